The van der Waals surface area contributed by atoms with Gasteiger partial charge in [-0.05, 0) is 40.7 Å². The van der Waals surface area contributed by atoms with Gasteiger partial charge in [0, 0.05) is 17.7 Å². The molecule has 1 aliphatic rings. The average molecular weight is 377 g/mol. The Hall–Kier alpha value is -1.54. The normalized spacial score (nSPS) is 18.3. The van der Waals surface area contributed by atoms with Gasteiger partial charge in [-0.2, -0.15) is 0 Å². The van der Waals surface area contributed by atoms with Crippen molar-refractivity contribution in [3.8, 4) is 5.75 Å². The molecule has 0 saturated carbocycles. The monoisotopic (exact) mass is 377 g/mol. The molecule has 1 aromatic heterocycles. The molecule has 5 nitrogen and oxygen atoms in total. The van der Waals surface area contributed by atoms with Crippen LogP contribution in [0.25, 0.3) is 0 Å². The van der Waals surface area contributed by atoms with Crippen LogP contribution in [0.15, 0.2) is 42.5 Å². The summed E-state index contributed by atoms with van der Waals surface area (Å²) in [6.45, 7) is 18.4. The van der Waals surface area contributed by atoms with Gasteiger partial charge in [0.05, 0.1) is 21.7 Å². The van der Waals surface area contributed by atoms with E-state index in [0.717, 1.165) is 16.2 Å². The van der Waals surface area contributed by atoms with E-state index in [4.69, 9.17) is 18.8 Å². The summed E-state index contributed by atoms with van der Waals surface area (Å²) in [6, 6.07) is 0. The van der Waals surface area contributed by atoms with Crippen LogP contribution in [-0.2, 0) is 14.0 Å². The van der Waals surface area contributed by atoms with Gasteiger partial charge in [-0.3, -0.25) is 0 Å². The highest BCUT2D eigenvalue weighted by Crippen LogP contribution is 2.39. The molecule has 7 heteroatoms. The molecular weight excluding hydrogens is 349 g/mol. The van der Waals surface area contributed by atoms with Crippen LogP contribution in [0.5, 0.6) is 5.75 Å². The zero-order chi connectivity index (χ0) is 19.4. The van der Waals surface area contributed by atoms with E-state index in [1.54, 1.807) is 6.08 Å². The maximum atomic E-state index is 6.17. The minimum Gasteiger partial charge on any atom is -0.465 e. The first-order valence-corrected chi connectivity index (χ1v) is 9.52. The molecule has 0 aromatic carbocycles. The Balaban J connectivity index is 2.27. The largest absolute Gasteiger partial charge is 0.509 e. The van der Waals surface area contributed by atoms with E-state index < -0.39 is 18.3 Å². The molecule has 0 aliphatic carbocycles. The van der Waals surface area contributed by atoms with Crippen LogP contribution in [0.2, 0.25) is 0 Å². The molecule has 2 heterocycles. The molecule has 1 N–H and O–H groups in total. The van der Waals surface area contributed by atoms with E-state index in [1.165, 1.54) is 11.3 Å². The van der Waals surface area contributed by atoms with Crippen LogP contribution in [0, 0.1) is 0 Å². The maximum Gasteiger partial charge on any atom is 0.509 e. The van der Waals surface area contributed by atoms with Gasteiger partial charge >= 0.3 is 7.12 Å². The smallest absolute Gasteiger partial charge is 0.465 e. The lowest BCUT2D eigenvalue weighted by Crippen LogP contribution is -2.41. The van der Waals surface area contributed by atoms with Crippen molar-refractivity contribution in [2.24, 2.45) is 0 Å². The number of ether oxygens (including phenoxy) is 2. The predicted molar refractivity (Wildman–Crippen MR) is 109 cm³/mol. The fourth-order valence-corrected chi connectivity index (χ4v) is 3.19. The molecule has 0 amide bonds. The summed E-state index contributed by atoms with van der Waals surface area (Å²) < 4.78 is 24.4. The van der Waals surface area contributed by atoms with Crippen LogP contribution in [-0.4, -0.2) is 31.7 Å². The molecule has 0 spiro atoms. The van der Waals surface area contributed by atoms with Crippen molar-refractivity contribution in [3.05, 3.63) is 42.5 Å². The molecule has 26 heavy (non-hydrogen) atoms. The van der Waals surface area contributed by atoms with Gasteiger partial charge in [-0.1, -0.05) is 25.3 Å². The van der Waals surface area contributed by atoms with E-state index in [9.17, 15) is 0 Å². The van der Waals surface area contributed by atoms with E-state index >= 15 is 0 Å². The highest BCUT2D eigenvalue weighted by molar-refractivity contribution is 7.21. The van der Waals surface area contributed by atoms with Gasteiger partial charge in [0.25, 0.3) is 0 Å². The summed E-state index contributed by atoms with van der Waals surface area (Å²) >= 11 is 1.52. The molecule has 1 aromatic rings. The molecule has 0 bridgehead atoms. The SMILES string of the molecule is C=C/C=C\C(=C)Nc1csc(B2OC(C)(C)C(C)(C)O2)c1OCOCC. The van der Waals surface area contributed by atoms with E-state index in [-0.39, 0.29) is 6.79 Å². The summed E-state index contributed by atoms with van der Waals surface area (Å²) in [7, 11) is -0.492. The van der Waals surface area contributed by atoms with Crippen LogP contribution in [0.1, 0.15) is 34.6 Å². The Kier molecular flexibility index (Phi) is 6.74. The van der Waals surface area contributed by atoms with Gasteiger partial charge in [0.1, 0.15) is 0 Å². The lowest BCUT2D eigenvalue weighted by Gasteiger charge is -2.32. The van der Waals surface area contributed by atoms with E-state index in [0.29, 0.717) is 12.4 Å². The first-order chi connectivity index (χ1) is 12.2. The number of thiophene rings is 1. The van der Waals surface area contributed by atoms with Gasteiger partial charge in [-0.25, -0.2) is 0 Å². The summed E-state index contributed by atoms with van der Waals surface area (Å²) in [5.74, 6) is 0.662. The summed E-state index contributed by atoms with van der Waals surface area (Å²) in [5.41, 5.74) is 0.702. The van der Waals surface area contributed by atoms with Crippen LogP contribution in [0.3, 0.4) is 0 Å². The number of nitrogens with one attached hydrogen (secondary N) is 1. The van der Waals surface area contributed by atoms with E-state index in [2.05, 4.69) is 18.5 Å². The van der Waals surface area contributed by atoms with Crippen molar-refractivity contribution >= 4 is 28.9 Å². The topological polar surface area (TPSA) is 49.0 Å². The lowest BCUT2D eigenvalue weighted by atomic mass is 9.87. The highest BCUT2D eigenvalue weighted by atomic mass is 32.1. The third-order valence-electron chi connectivity index (χ3n) is 4.46. The fraction of sp³-hybridized carbons (Fsp3) is 0.474. The Labute approximate surface area is 160 Å². The molecule has 1 fully saturated rings. The van der Waals surface area contributed by atoms with Gasteiger partial charge < -0.3 is 24.1 Å². The molecular formula is C19H28BNO4S. The third kappa shape index (κ3) is 4.59. The quantitative estimate of drug-likeness (QED) is 0.304. The van der Waals surface area contributed by atoms with Crippen molar-refractivity contribution in [1.29, 1.82) is 0 Å². The second-order valence-corrected chi connectivity index (χ2v) is 7.84. The minimum atomic E-state index is -0.492. The minimum absolute atomic E-state index is 0.156. The molecule has 1 aliphatic heterocycles. The van der Waals surface area contributed by atoms with Crippen LogP contribution >= 0.6 is 11.3 Å². The zero-order valence-corrected chi connectivity index (χ0v) is 17.1. The van der Waals surface area contributed by atoms with Crippen molar-refractivity contribution in [3.63, 3.8) is 0 Å². The molecule has 1 saturated heterocycles. The van der Waals surface area contributed by atoms with Gasteiger partial charge in [0.15, 0.2) is 12.5 Å². The number of rotatable bonds is 9. The number of hydrogen-bond donors (Lipinski definition) is 1. The summed E-state index contributed by atoms with van der Waals surface area (Å²) in [6.07, 6.45) is 5.35. The van der Waals surface area contributed by atoms with Crippen LogP contribution < -0.4 is 14.8 Å². The van der Waals surface area contributed by atoms with Crippen molar-refractivity contribution in [2.45, 2.75) is 45.8 Å². The van der Waals surface area contributed by atoms with E-state index in [1.807, 2.05) is 52.2 Å². The standard InChI is InChI=1S/C19H28BNO4S/c1-8-10-11-14(3)21-15-12-26-17(16(15)23-13-22-9-2)20-24-18(4,5)19(6,7)25-20/h8,10-12,21H,1,3,9,13H2,2,4-7H3/b11-10-. The number of allylic oxidation sites excluding steroid dienone is 3. The molecule has 0 atom stereocenters. The maximum absolute atomic E-state index is 6.17. The second-order valence-electron chi connectivity index (χ2n) is 6.93. The number of hydrogen-bond acceptors (Lipinski definition) is 6. The highest BCUT2D eigenvalue weighted by Gasteiger charge is 2.53. The van der Waals surface area contributed by atoms with Crippen molar-refractivity contribution in [1.82, 2.24) is 0 Å². The average Bonchev–Trinajstić information content (AvgIpc) is 3.03. The molecule has 0 unspecified atom stereocenters. The van der Waals surface area contributed by atoms with Crippen LogP contribution in [0.4, 0.5) is 5.69 Å². The van der Waals surface area contributed by atoms with Crippen molar-refractivity contribution < 1.29 is 18.8 Å². The van der Waals surface area contributed by atoms with Gasteiger partial charge in [-0.15, -0.1) is 11.3 Å². The van der Waals surface area contributed by atoms with Gasteiger partial charge in [0.2, 0.25) is 0 Å². The molecule has 0 radical (unpaired) electrons. The fourth-order valence-electron chi connectivity index (χ4n) is 2.29. The Morgan fingerprint density at radius 2 is 1.96 bits per heavy atom. The first kappa shape index (κ1) is 20.8. The Morgan fingerprint density at radius 3 is 2.54 bits per heavy atom. The molecule has 2 rings (SSSR count). The predicted octanol–water partition coefficient (Wildman–Crippen LogP) is 4.09. The molecule has 142 valence electrons. The Morgan fingerprint density at radius 1 is 1.31 bits per heavy atom. The summed E-state index contributed by atoms with van der Waals surface area (Å²) in [4.78, 5) is 0. The third-order valence-corrected chi connectivity index (χ3v) is 5.44. The van der Waals surface area contributed by atoms with Crippen molar-refractivity contribution in [2.75, 3.05) is 18.7 Å². The second kappa shape index (κ2) is 8.44. The number of anilines is 1. The lowest BCUT2D eigenvalue weighted by molar-refractivity contribution is 0.00578. The Bertz CT molecular complexity index is 665. The summed E-state index contributed by atoms with van der Waals surface area (Å²) in [5, 5.41) is 5.21. The first-order valence-electron chi connectivity index (χ1n) is 8.64. The zero-order valence-electron chi connectivity index (χ0n) is 16.3.